The second-order valence-electron chi connectivity index (χ2n) is 8.56. The molecule has 202 valence electrons. The first kappa shape index (κ1) is 27.6. The number of halogens is 4. The van der Waals surface area contributed by atoms with Crippen LogP contribution in [0.1, 0.15) is 5.56 Å². The number of carbonyl (C=O) groups excluding carboxylic acids is 1. The van der Waals surface area contributed by atoms with Crippen LogP contribution in [0.3, 0.4) is 0 Å². The molecule has 0 saturated carbocycles. The molecule has 12 heteroatoms. The Kier molecular flexibility index (Phi) is 8.08. The number of benzene rings is 3. The van der Waals surface area contributed by atoms with Crippen LogP contribution in [0.5, 0.6) is 5.75 Å². The van der Waals surface area contributed by atoms with E-state index in [4.69, 9.17) is 16.3 Å². The van der Waals surface area contributed by atoms with E-state index in [9.17, 15) is 26.4 Å². The molecule has 0 unspecified atom stereocenters. The van der Waals surface area contributed by atoms with Crippen LogP contribution in [-0.2, 0) is 21.0 Å². The van der Waals surface area contributed by atoms with Gasteiger partial charge in [0.05, 0.1) is 23.3 Å². The molecule has 1 saturated heterocycles. The molecule has 38 heavy (non-hydrogen) atoms. The summed E-state index contributed by atoms with van der Waals surface area (Å²) in [6, 6.07) is 17.2. The fourth-order valence-electron chi connectivity index (χ4n) is 4.19. The fraction of sp³-hybridized carbons (Fsp3) is 0.269. The summed E-state index contributed by atoms with van der Waals surface area (Å²) in [4.78, 5) is 16.6. The second kappa shape index (κ2) is 11.1. The molecule has 1 aliphatic rings. The van der Waals surface area contributed by atoms with E-state index in [1.165, 1.54) is 42.3 Å². The monoisotopic (exact) mass is 567 g/mol. The Hall–Kier alpha value is -3.44. The normalized spacial score (nSPS) is 14.3. The van der Waals surface area contributed by atoms with Crippen molar-refractivity contribution in [2.45, 2.75) is 11.1 Å². The number of ether oxygens (including phenoxy) is 1. The Bertz CT molecular complexity index is 1400. The molecule has 4 rings (SSSR count). The Morgan fingerprint density at radius 3 is 2.29 bits per heavy atom. The topological polar surface area (TPSA) is 70.2 Å². The summed E-state index contributed by atoms with van der Waals surface area (Å²) in [5.41, 5.74) is -0.227. The van der Waals surface area contributed by atoms with Crippen molar-refractivity contribution in [3.05, 3.63) is 83.4 Å². The highest BCUT2D eigenvalue weighted by Crippen LogP contribution is 2.35. The average Bonchev–Trinajstić information content (AvgIpc) is 2.91. The molecule has 1 fully saturated rings. The molecule has 0 bridgehead atoms. The molecule has 1 heterocycles. The van der Waals surface area contributed by atoms with Crippen LogP contribution < -0.4 is 13.9 Å². The Morgan fingerprint density at radius 1 is 0.974 bits per heavy atom. The largest absolute Gasteiger partial charge is 0.495 e. The summed E-state index contributed by atoms with van der Waals surface area (Å²) in [5, 5.41) is 0.260. The number of hydrogen-bond acceptors (Lipinski definition) is 5. The van der Waals surface area contributed by atoms with E-state index in [2.05, 4.69) is 0 Å². The van der Waals surface area contributed by atoms with E-state index in [-0.39, 0.29) is 34.4 Å². The molecular weight excluding hydrogens is 543 g/mol. The van der Waals surface area contributed by atoms with Gasteiger partial charge in [-0.25, -0.2) is 8.42 Å². The van der Waals surface area contributed by atoms with Gasteiger partial charge in [0.2, 0.25) is 5.91 Å². The Balaban J connectivity index is 1.56. The van der Waals surface area contributed by atoms with Crippen LogP contribution in [0.25, 0.3) is 0 Å². The van der Waals surface area contributed by atoms with Crippen LogP contribution in [0.15, 0.2) is 77.7 Å². The number of hydrogen-bond donors (Lipinski definition) is 0. The van der Waals surface area contributed by atoms with Gasteiger partial charge in [-0.2, -0.15) is 13.2 Å². The molecule has 0 aromatic heterocycles. The lowest BCUT2D eigenvalue weighted by molar-refractivity contribution is -0.137. The Morgan fingerprint density at radius 2 is 1.66 bits per heavy atom. The maximum atomic E-state index is 13.6. The second-order valence-corrected chi connectivity index (χ2v) is 10.9. The molecule has 3 aromatic rings. The van der Waals surface area contributed by atoms with Crippen molar-refractivity contribution in [2.75, 3.05) is 49.0 Å². The fourth-order valence-corrected chi connectivity index (χ4v) is 5.80. The van der Waals surface area contributed by atoms with Gasteiger partial charge in [0.1, 0.15) is 12.3 Å². The highest BCUT2D eigenvalue weighted by molar-refractivity contribution is 7.92. The lowest BCUT2D eigenvalue weighted by Gasteiger charge is -2.37. The van der Waals surface area contributed by atoms with Crippen LogP contribution in [0.4, 0.5) is 24.5 Å². The number of alkyl halides is 3. The van der Waals surface area contributed by atoms with E-state index in [1.54, 1.807) is 35.2 Å². The van der Waals surface area contributed by atoms with Gasteiger partial charge in [-0.3, -0.25) is 9.10 Å². The molecule has 0 radical (unpaired) electrons. The SMILES string of the molecule is COc1ccc(Cl)cc1N(CC(=O)N1CCN(c2cccc(C(F)(F)F)c2)CC1)S(=O)(=O)c1ccccc1. The highest BCUT2D eigenvalue weighted by atomic mass is 35.5. The number of methoxy groups -OCH3 is 1. The smallest absolute Gasteiger partial charge is 0.416 e. The van der Waals surface area contributed by atoms with Gasteiger partial charge >= 0.3 is 6.18 Å². The summed E-state index contributed by atoms with van der Waals surface area (Å²) in [6.45, 7) is 0.484. The first-order chi connectivity index (χ1) is 18.0. The zero-order valence-corrected chi connectivity index (χ0v) is 21.9. The molecule has 7 nitrogen and oxygen atoms in total. The standard InChI is InChI=1S/C26H25ClF3N3O4S/c1-37-24-11-10-20(27)17-23(24)33(38(35,36)22-8-3-2-4-9-22)18-25(34)32-14-12-31(13-15-32)21-7-5-6-19(16-21)26(28,29)30/h2-11,16-17H,12-15,18H2,1H3. The van der Waals surface area contributed by atoms with Crippen molar-refractivity contribution < 1.29 is 31.1 Å². The van der Waals surface area contributed by atoms with Gasteiger partial charge in [0.25, 0.3) is 10.0 Å². The lowest BCUT2D eigenvalue weighted by Crippen LogP contribution is -2.52. The molecule has 0 aliphatic carbocycles. The third-order valence-electron chi connectivity index (χ3n) is 6.19. The van der Waals surface area contributed by atoms with E-state index in [0.717, 1.165) is 16.4 Å². The number of nitrogens with zero attached hydrogens (tertiary/aromatic N) is 3. The number of anilines is 2. The first-order valence-corrected chi connectivity index (χ1v) is 13.4. The van der Waals surface area contributed by atoms with Crippen molar-refractivity contribution in [3.63, 3.8) is 0 Å². The van der Waals surface area contributed by atoms with Crippen LogP contribution in [0.2, 0.25) is 5.02 Å². The van der Waals surface area contributed by atoms with Crippen molar-refractivity contribution in [1.29, 1.82) is 0 Å². The quantitative estimate of drug-likeness (QED) is 0.406. The van der Waals surface area contributed by atoms with Crippen LogP contribution in [0, 0.1) is 0 Å². The summed E-state index contributed by atoms with van der Waals surface area (Å²) in [5.74, 6) is -0.244. The van der Waals surface area contributed by atoms with Crippen molar-refractivity contribution in [2.24, 2.45) is 0 Å². The number of carbonyl (C=O) groups is 1. The van der Waals surface area contributed by atoms with Crippen molar-refractivity contribution in [1.82, 2.24) is 4.90 Å². The Labute approximate surface area is 224 Å². The van der Waals surface area contributed by atoms with E-state index >= 15 is 0 Å². The van der Waals surface area contributed by atoms with Gasteiger partial charge < -0.3 is 14.5 Å². The van der Waals surface area contributed by atoms with Crippen LogP contribution in [-0.4, -0.2) is 59.1 Å². The summed E-state index contributed by atoms with van der Waals surface area (Å²) < 4.78 is 73.0. The summed E-state index contributed by atoms with van der Waals surface area (Å²) in [6.07, 6.45) is -4.46. The number of amides is 1. The molecular formula is C26H25ClF3N3O4S. The van der Waals surface area contributed by atoms with Gasteiger partial charge in [0.15, 0.2) is 0 Å². The number of piperazine rings is 1. The average molecular weight is 568 g/mol. The number of rotatable bonds is 7. The molecule has 3 aromatic carbocycles. The molecule has 1 aliphatic heterocycles. The predicted molar refractivity (Wildman–Crippen MR) is 139 cm³/mol. The van der Waals surface area contributed by atoms with Crippen molar-refractivity contribution in [3.8, 4) is 5.75 Å². The molecule has 1 amide bonds. The summed E-state index contributed by atoms with van der Waals surface area (Å²) >= 11 is 6.16. The van der Waals surface area contributed by atoms with Crippen LogP contribution >= 0.6 is 11.6 Å². The van der Waals surface area contributed by atoms with Gasteiger partial charge in [-0.15, -0.1) is 0 Å². The minimum atomic E-state index is -4.46. The zero-order valence-electron chi connectivity index (χ0n) is 20.4. The maximum Gasteiger partial charge on any atom is 0.416 e. The highest BCUT2D eigenvalue weighted by Gasteiger charge is 2.33. The number of sulfonamides is 1. The van der Waals surface area contributed by atoms with Gasteiger partial charge in [-0.1, -0.05) is 35.9 Å². The first-order valence-electron chi connectivity index (χ1n) is 11.6. The molecule has 0 spiro atoms. The lowest BCUT2D eigenvalue weighted by atomic mass is 10.1. The minimum Gasteiger partial charge on any atom is -0.495 e. The predicted octanol–water partition coefficient (Wildman–Crippen LogP) is 4.91. The summed E-state index contributed by atoms with van der Waals surface area (Å²) in [7, 11) is -2.80. The van der Waals surface area contributed by atoms with Crippen molar-refractivity contribution >= 4 is 38.9 Å². The van der Waals surface area contributed by atoms with Gasteiger partial charge in [-0.05, 0) is 48.5 Å². The van der Waals surface area contributed by atoms with E-state index in [1.807, 2.05) is 0 Å². The zero-order chi connectivity index (χ0) is 27.5. The van der Waals surface area contributed by atoms with E-state index in [0.29, 0.717) is 18.8 Å². The third kappa shape index (κ3) is 5.99. The molecule has 0 atom stereocenters. The minimum absolute atomic E-state index is 0.0100. The molecule has 0 N–H and O–H groups in total. The van der Waals surface area contributed by atoms with E-state index < -0.39 is 34.2 Å². The maximum absolute atomic E-state index is 13.6. The third-order valence-corrected chi connectivity index (χ3v) is 8.20. The van der Waals surface area contributed by atoms with Gasteiger partial charge in [0, 0.05) is 36.9 Å².